The van der Waals surface area contributed by atoms with Gasteiger partial charge < -0.3 is 9.30 Å². The second-order valence-corrected chi connectivity index (χ2v) is 7.38. The van der Waals surface area contributed by atoms with Crippen LogP contribution in [-0.4, -0.2) is 28.5 Å². The molecule has 2 aromatic carbocycles. The van der Waals surface area contributed by atoms with Crippen molar-refractivity contribution in [3.05, 3.63) is 66.9 Å². The molecule has 1 heterocycles. The van der Waals surface area contributed by atoms with E-state index in [2.05, 4.69) is 4.99 Å². The molecule has 0 spiro atoms. The Hall–Kier alpha value is -2.75. The Morgan fingerprint density at radius 3 is 2.57 bits per heavy atom. The van der Waals surface area contributed by atoms with Crippen molar-refractivity contribution in [3.63, 3.8) is 0 Å². The number of carbonyl (C=O) groups is 2. The van der Waals surface area contributed by atoms with Gasteiger partial charge in [-0.25, -0.2) is 0 Å². The molecule has 0 aliphatic carbocycles. The summed E-state index contributed by atoms with van der Waals surface area (Å²) < 4.78 is 6.86. The number of amides is 1. The van der Waals surface area contributed by atoms with Gasteiger partial charge in [-0.1, -0.05) is 34.5 Å². The molecule has 0 bridgehead atoms. The Kier molecular flexibility index (Phi) is 5.78. The first kappa shape index (κ1) is 20.0. The minimum Gasteiger partial charge on any atom is -0.468 e. The molecule has 0 saturated heterocycles. The average molecular weight is 440 g/mol. The summed E-state index contributed by atoms with van der Waals surface area (Å²) in [5.41, 5.74) is -0.0497. The van der Waals surface area contributed by atoms with E-state index in [-0.39, 0.29) is 21.9 Å². The number of esters is 1. The summed E-state index contributed by atoms with van der Waals surface area (Å²) >= 11 is 13.0. The number of carbonyl (C=O) groups excluding carboxylic acids is 2. The number of aromatic nitrogens is 1. The molecule has 3 rings (SSSR count). The third-order valence-electron chi connectivity index (χ3n) is 3.74. The van der Waals surface area contributed by atoms with Gasteiger partial charge in [-0.05, 0) is 30.3 Å². The SMILES string of the molecule is COC(=O)Cn1c(=NC(=O)c2cc(Cl)ccc2[N+](=O)[O-])sc2cc(Cl)ccc21. The fraction of sp³-hybridized carbons (Fsp3) is 0.118. The van der Waals surface area contributed by atoms with Crippen LogP contribution in [0.25, 0.3) is 10.2 Å². The smallest absolute Gasteiger partial charge is 0.325 e. The van der Waals surface area contributed by atoms with Crippen molar-refractivity contribution in [2.75, 3.05) is 7.11 Å². The molecule has 0 radical (unpaired) electrons. The van der Waals surface area contributed by atoms with Crippen LogP contribution in [0.3, 0.4) is 0 Å². The molecule has 3 aromatic rings. The van der Waals surface area contributed by atoms with E-state index >= 15 is 0 Å². The normalized spacial score (nSPS) is 11.6. The highest BCUT2D eigenvalue weighted by atomic mass is 35.5. The third kappa shape index (κ3) is 4.06. The molecule has 1 aromatic heterocycles. The highest BCUT2D eigenvalue weighted by molar-refractivity contribution is 7.16. The molecule has 11 heteroatoms. The molecular formula is C17H11Cl2N3O5S. The zero-order chi connectivity index (χ0) is 20.4. The van der Waals surface area contributed by atoms with Crippen molar-refractivity contribution in [2.24, 2.45) is 4.99 Å². The fourth-order valence-electron chi connectivity index (χ4n) is 2.46. The number of nitrogens with zero attached hydrogens (tertiary/aromatic N) is 3. The number of nitro groups is 1. The van der Waals surface area contributed by atoms with E-state index in [1.54, 1.807) is 18.2 Å². The second-order valence-electron chi connectivity index (χ2n) is 5.49. The minimum absolute atomic E-state index is 0.162. The lowest BCUT2D eigenvalue weighted by molar-refractivity contribution is -0.385. The largest absolute Gasteiger partial charge is 0.468 e. The number of benzene rings is 2. The Morgan fingerprint density at radius 1 is 1.21 bits per heavy atom. The summed E-state index contributed by atoms with van der Waals surface area (Å²) in [6.45, 7) is -0.193. The number of rotatable bonds is 4. The van der Waals surface area contributed by atoms with Gasteiger partial charge in [-0.3, -0.25) is 19.7 Å². The predicted molar refractivity (Wildman–Crippen MR) is 105 cm³/mol. The number of thiazole rings is 1. The van der Waals surface area contributed by atoms with Gasteiger partial charge in [-0.15, -0.1) is 0 Å². The maximum Gasteiger partial charge on any atom is 0.325 e. The first-order chi connectivity index (χ1) is 13.3. The zero-order valence-corrected chi connectivity index (χ0v) is 16.5. The van der Waals surface area contributed by atoms with Crippen molar-refractivity contribution in [2.45, 2.75) is 6.54 Å². The summed E-state index contributed by atoms with van der Waals surface area (Å²) in [6.07, 6.45) is 0. The summed E-state index contributed by atoms with van der Waals surface area (Å²) in [5.74, 6) is -1.40. The number of fused-ring (bicyclic) bond motifs is 1. The predicted octanol–water partition coefficient (Wildman–Crippen LogP) is 3.83. The van der Waals surface area contributed by atoms with Crippen LogP contribution < -0.4 is 4.80 Å². The second kappa shape index (κ2) is 8.09. The lowest BCUT2D eigenvalue weighted by atomic mass is 10.2. The standard InChI is InChI=1S/C17H11Cl2N3O5S/c1-27-15(23)8-21-13-5-3-10(19)7-14(13)28-17(21)20-16(24)11-6-9(18)2-4-12(11)22(25)26/h2-7H,8H2,1H3. The molecule has 0 atom stereocenters. The molecule has 0 fully saturated rings. The Morgan fingerprint density at radius 2 is 1.89 bits per heavy atom. The molecule has 28 heavy (non-hydrogen) atoms. The Bertz CT molecular complexity index is 1190. The Balaban J connectivity index is 2.20. The lowest BCUT2D eigenvalue weighted by Gasteiger charge is -2.04. The quantitative estimate of drug-likeness (QED) is 0.349. The van der Waals surface area contributed by atoms with Gasteiger partial charge in [0.1, 0.15) is 12.1 Å². The van der Waals surface area contributed by atoms with E-state index in [0.29, 0.717) is 15.2 Å². The van der Waals surface area contributed by atoms with Crippen LogP contribution in [0.2, 0.25) is 10.0 Å². The Labute approximate surface area is 171 Å². The number of hydrogen-bond donors (Lipinski definition) is 0. The summed E-state index contributed by atoms with van der Waals surface area (Å²) in [5, 5.41) is 11.8. The van der Waals surface area contributed by atoms with E-state index in [0.717, 1.165) is 17.4 Å². The van der Waals surface area contributed by atoms with E-state index < -0.39 is 22.5 Å². The number of halogens is 2. The monoisotopic (exact) mass is 439 g/mol. The zero-order valence-electron chi connectivity index (χ0n) is 14.2. The van der Waals surface area contributed by atoms with Crippen LogP contribution in [-0.2, 0) is 16.1 Å². The van der Waals surface area contributed by atoms with Crippen LogP contribution in [0.1, 0.15) is 10.4 Å². The molecule has 0 aliphatic heterocycles. The van der Waals surface area contributed by atoms with Gasteiger partial charge in [-0.2, -0.15) is 4.99 Å². The average Bonchev–Trinajstić information content (AvgIpc) is 2.97. The molecular weight excluding hydrogens is 429 g/mol. The van der Waals surface area contributed by atoms with E-state index in [1.165, 1.54) is 23.8 Å². The van der Waals surface area contributed by atoms with E-state index in [9.17, 15) is 19.7 Å². The van der Waals surface area contributed by atoms with Crippen molar-refractivity contribution in [1.82, 2.24) is 4.57 Å². The van der Waals surface area contributed by atoms with Crippen molar-refractivity contribution in [3.8, 4) is 0 Å². The topological polar surface area (TPSA) is 104 Å². The maximum atomic E-state index is 12.7. The van der Waals surface area contributed by atoms with Gasteiger partial charge >= 0.3 is 5.97 Å². The van der Waals surface area contributed by atoms with Crippen molar-refractivity contribution < 1.29 is 19.2 Å². The molecule has 0 N–H and O–H groups in total. The van der Waals surface area contributed by atoms with E-state index in [4.69, 9.17) is 27.9 Å². The van der Waals surface area contributed by atoms with Crippen LogP contribution >= 0.6 is 34.5 Å². The molecule has 8 nitrogen and oxygen atoms in total. The van der Waals surface area contributed by atoms with Crippen LogP contribution in [0.4, 0.5) is 5.69 Å². The van der Waals surface area contributed by atoms with Crippen molar-refractivity contribution in [1.29, 1.82) is 0 Å². The van der Waals surface area contributed by atoms with Gasteiger partial charge in [0.05, 0.1) is 22.2 Å². The molecule has 144 valence electrons. The summed E-state index contributed by atoms with van der Waals surface area (Å²) in [4.78, 5) is 39.1. The van der Waals surface area contributed by atoms with E-state index in [1.807, 2.05) is 0 Å². The number of ether oxygens (including phenoxy) is 1. The van der Waals surface area contributed by atoms with Gasteiger partial charge in [0.2, 0.25) is 0 Å². The molecule has 1 amide bonds. The van der Waals surface area contributed by atoms with Crippen LogP contribution in [0, 0.1) is 10.1 Å². The lowest BCUT2D eigenvalue weighted by Crippen LogP contribution is -2.22. The molecule has 0 unspecified atom stereocenters. The fourth-order valence-corrected chi connectivity index (χ4v) is 3.94. The van der Waals surface area contributed by atoms with Crippen LogP contribution in [0.15, 0.2) is 41.4 Å². The minimum atomic E-state index is -0.856. The third-order valence-corrected chi connectivity index (χ3v) is 5.25. The highest BCUT2D eigenvalue weighted by Crippen LogP contribution is 2.25. The van der Waals surface area contributed by atoms with Gasteiger partial charge in [0, 0.05) is 16.1 Å². The van der Waals surface area contributed by atoms with Crippen molar-refractivity contribution >= 4 is 62.3 Å². The number of methoxy groups -OCH3 is 1. The number of nitro benzene ring substituents is 1. The summed E-state index contributed by atoms with van der Waals surface area (Å²) in [6, 6.07) is 8.62. The van der Waals surface area contributed by atoms with Gasteiger partial charge in [0.25, 0.3) is 11.6 Å². The first-order valence-corrected chi connectivity index (χ1v) is 9.26. The first-order valence-electron chi connectivity index (χ1n) is 7.69. The van der Waals surface area contributed by atoms with Gasteiger partial charge in [0.15, 0.2) is 4.80 Å². The summed E-state index contributed by atoms with van der Waals surface area (Å²) in [7, 11) is 1.24. The molecule has 0 aliphatic rings. The molecule has 0 saturated carbocycles. The van der Waals surface area contributed by atoms with Crippen LogP contribution in [0.5, 0.6) is 0 Å². The highest BCUT2D eigenvalue weighted by Gasteiger charge is 2.21. The maximum absolute atomic E-state index is 12.7. The number of hydrogen-bond acceptors (Lipinski definition) is 6.